The molecule has 0 saturated carbocycles. The van der Waals surface area contributed by atoms with Crippen LogP contribution in [-0.4, -0.2) is 37.0 Å². The Balaban J connectivity index is 1.43. The van der Waals surface area contributed by atoms with Gasteiger partial charge in [-0.3, -0.25) is 9.20 Å². The van der Waals surface area contributed by atoms with Crippen molar-refractivity contribution in [1.82, 2.24) is 19.4 Å². The molecule has 0 fully saturated rings. The number of carbonyl (C=O) groups excluding carboxylic acids is 1. The molecule has 35 heavy (non-hydrogen) atoms. The van der Waals surface area contributed by atoms with Crippen LogP contribution in [0.15, 0.2) is 65.5 Å². The van der Waals surface area contributed by atoms with E-state index >= 15 is 0 Å². The monoisotopic (exact) mass is 471 g/mol. The molecule has 0 atom stereocenters. The Bertz CT molecular complexity index is 1540. The molecule has 0 radical (unpaired) electrons. The molecule has 0 aliphatic rings. The number of rotatable bonds is 6. The summed E-state index contributed by atoms with van der Waals surface area (Å²) in [5.74, 6) is -0.0145. The first-order valence-electron chi connectivity index (χ1n) is 11.0. The van der Waals surface area contributed by atoms with Gasteiger partial charge >= 0.3 is 0 Å². The maximum atomic E-state index is 14.7. The molecule has 1 amide bonds. The molecule has 176 valence electrons. The number of amides is 1. The Morgan fingerprint density at radius 3 is 2.60 bits per heavy atom. The number of imidazole rings is 1. The van der Waals surface area contributed by atoms with Crippen molar-refractivity contribution in [3.63, 3.8) is 0 Å². The summed E-state index contributed by atoms with van der Waals surface area (Å²) in [7, 11) is 0. The van der Waals surface area contributed by atoms with E-state index in [2.05, 4.69) is 20.3 Å². The average molecular weight is 471 g/mol. The number of aryl methyl sites for hydroxylation is 2. The van der Waals surface area contributed by atoms with E-state index in [9.17, 15) is 9.18 Å². The van der Waals surface area contributed by atoms with E-state index in [0.717, 1.165) is 16.7 Å². The lowest BCUT2D eigenvalue weighted by Crippen LogP contribution is -2.12. The molecule has 0 spiro atoms. The molecule has 2 N–H and O–H groups in total. The first-order valence-corrected chi connectivity index (χ1v) is 11.0. The number of hydrogen-bond acceptors (Lipinski definition) is 6. The third-order valence-electron chi connectivity index (χ3n) is 5.61. The van der Waals surface area contributed by atoms with Gasteiger partial charge in [-0.15, -0.1) is 0 Å². The fraction of sp³-hybridized carbons (Fsp3) is 0.154. The summed E-state index contributed by atoms with van der Waals surface area (Å²) in [5.41, 5.74) is 4.37. The predicted octanol–water partition coefficient (Wildman–Crippen LogP) is 4.59. The average Bonchev–Trinajstić information content (AvgIpc) is 3.42. The molecule has 0 unspecified atom stereocenters. The van der Waals surface area contributed by atoms with Crippen molar-refractivity contribution in [3.8, 4) is 22.4 Å². The molecular formula is C26H22FN5O3. The van der Waals surface area contributed by atoms with E-state index < -0.39 is 11.7 Å². The van der Waals surface area contributed by atoms with Gasteiger partial charge in [0, 0.05) is 48.9 Å². The summed E-state index contributed by atoms with van der Waals surface area (Å²) < 4.78 is 21.8. The van der Waals surface area contributed by atoms with Gasteiger partial charge in [0.2, 0.25) is 11.5 Å². The predicted molar refractivity (Wildman–Crippen MR) is 129 cm³/mol. The molecule has 3 heterocycles. The van der Waals surface area contributed by atoms with Gasteiger partial charge < -0.3 is 14.8 Å². The normalized spacial score (nSPS) is 11.2. The van der Waals surface area contributed by atoms with Gasteiger partial charge in [0.1, 0.15) is 5.82 Å². The minimum Gasteiger partial charge on any atom is -0.436 e. The van der Waals surface area contributed by atoms with Crippen LogP contribution < -0.4 is 5.32 Å². The summed E-state index contributed by atoms with van der Waals surface area (Å²) in [4.78, 5) is 25.5. The van der Waals surface area contributed by atoms with Gasteiger partial charge in [0.15, 0.2) is 5.89 Å². The lowest BCUT2D eigenvalue weighted by molar-refractivity contribution is 0.0994. The van der Waals surface area contributed by atoms with Gasteiger partial charge in [-0.1, -0.05) is 24.3 Å². The molecule has 5 aromatic rings. The zero-order valence-corrected chi connectivity index (χ0v) is 19.1. The molecule has 5 rings (SSSR count). The first-order chi connectivity index (χ1) is 16.9. The molecule has 9 heteroatoms. The summed E-state index contributed by atoms with van der Waals surface area (Å²) in [5, 5.41) is 11.8. The SMILES string of the molecule is Cc1nc(C)c(C(=O)Nc2ccc(F)c(-c3cn4cc(-c5ccc(CCO)cc5)cnc4n3)c2)o1. The number of aromatic nitrogens is 4. The van der Waals surface area contributed by atoms with Crippen molar-refractivity contribution in [2.45, 2.75) is 20.3 Å². The van der Waals surface area contributed by atoms with Crippen LogP contribution >= 0.6 is 0 Å². The Labute approximate surface area is 200 Å². The molecule has 2 aromatic carbocycles. The second kappa shape index (κ2) is 9.11. The number of hydrogen-bond donors (Lipinski definition) is 2. The Hall–Kier alpha value is -4.37. The Morgan fingerprint density at radius 2 is 1.89 bits per heavy atom. The third-order valence-corrected chi connectivity index (χ3v) is 5.61. The number of carbonyl (C=O) groups is 1. The van der Waals surface area contributed by atoms with E-state index in [4.69, 9.17) is 9.52 Å². The number of aliphatic hydroxyl groups excluding tert-OH is 1. The molecule has 0 aliphatic carbocycles. The number of anilines is 1. The number of oxazole rings is 1. The Kier molecular flexibility index (Phi) is 5.84. The molecule has 0 bridgehead atoms. The summed E-state index contributed by atoms with van der Waals surface area (Å²) in [6.07, 6.45) is 5.88. The standard InChI is InChI=1S/C26H22FN5O3/c1-15-24(35-16(2)29-15)25(34)30-20-7-8-22(27)21(11-20)23-14-32-13-19(12-28-26(32)31-23)18-5-3-17(4-6-18)9-10-33/h3-8,11-14,33H,9-10H2,1-2H3,(H,30,34). The quantitative estimate of drug-likeness (QED) is 0.375. The number of nitrogens with zero attached hydrogens (tertiary/aromatic N) is 4. The second-order valence-electron chi connectivity index (χ2n) is 8.14. The first kappa shape index (κ1) is 22.4. The number of nitrogens with one attached hydrogen (secondary N) is 1. The highest BCUT2D eigenvalue weighted by Crippen LogP contribution is 2.27. The van der Waals surface area contributed by atoms with Crippen molar-refractivity contribution < 1.29 is 18.7 Å². The molecule has 0 aliphatic heterocycles. The van der Waals surface area contributed by atoms with Crippen molar-refractivity contribution in [2.75, 3.05) is 11.9 Å². The van der Waals surface area contributed by atoms with Crippen LogP contribution in [0.25, 0.3) is 28.2 Å². The van der Waals surface area contributed by atoms with E-state index in [0.29, 0.717) is 35.2 Å². The summed E-state index contributed by atoms with van der Waals surface area (Å²) >= 11 is 0. The maximum Gasteiger partial charge on any atom is 0.293 e. The van der Waals surface area contributed by atoms with Crippen LogP contribution in [0.5, 0.6) is 0 Å². The van der Waals surface area contributed by atoms with Crippen LogP contribution in [-0.2, 0) is 6.42 Å². The third kappa shape index (κ3) is 4.53. The summed E-state index contributed by atoms with van der Waals surface area (Å²) in [6, 6.07) is 12.1. The molecule has 8 nitrogen and oxygen atoms in total. The lowest BCUT2D eigenvalue weighted by atomic mass is 10.1. The van der Waals surface area contributed by atoms with E-state index in [1.165, 1.54) is 18.2 Å². The van der Waals surface area contributed by atoms with E-state index in [1.54, 1.807) is 30.6 Å². The van der Waals surface area contributed by atoms with Crippen LogP contribution in [0, 0.1) is 19.7 Å². The van der Waals surface area contributed by atoms with Gasteiger partial charge in [0.05, 0.1) is 11.4 Å². The van der Waals surface area contributed by atoms with Crippen molar-refractivity contribution in [3.05, 3.63) is 89.8 Å². The van der Waals surface area contributed by atoms with E-state index in [1.807, 2.05) is 30.5 Å². The van der Waals surface area contributed by atoms with Crippen molar-refractivity contribution in [2.24, 2.45) is 0 Å². The summed E-state index contributed by atoms with van der Waals surface area (Å²) in [6.45, 7) is 3.45. The highest BCUT2D eigenvalue weighted by atomic mass is 19.1. The van der Waals surface area contributed by atoms with Gasteiger partial charge in [-0.25, -0.2) is 19.3 Å². The second-order valence-corrected chi connectivity index (χ2v) is 8.14. The van der Waals surface area contributed by atoms with Crippen LogP contribution in [0.4, 0.5) is 10.1 Å². The molecular weight excluding hydrogens is 449 g/mol. The minimum atomic E-state index is -0.474. The van der Waals surface area contributed by atoms with Gasteiger partial charge in [-0.2, -0.15) is 0 Å². The Morgan fingerprint density at radius 1 is 1.09 bits per heavy atom. The zero-order valence-electron chi connectivity index (χ0n) is 19.1. The zero-order chi connectivity index (χ0) is 24.5. The van der Waals surface area contributed by atoms with Gasteiger partial charge in [0.25, 0.3) is 5.91 Å². The largest absolute Gasteiger partial charge is 0.436 e. The van der Waals surface area contributed by atoms with Crippen molar-refractivity contribution >= 4 is 17.4 Å². The van der Waals surface area contributed by atoms with E-state index in [-0.39, 0.29) is 17.9 Å². The van der Waals surface area contributed by atoms with Crippen LogP contribution in [0.1, 0.15) is 27.7 Å². The highest BCUT2D eigenvalue weighted by molar-refractivity contribution is 6.03. The topological polar surface area (TPSA) is 106 Å². The fourth-order valence-electron chi connectivity index (χ4n) is 3.89. The fourth-order valence-corrected chi connectivity index (χ4v) is 3.89. The highest BCUT2D eigenvalue weighted by Gasteiger charge is 2.18. The van der Waals surface area contributed by atoms with Crippen LogP contribution in [0.3, 0.4) is 0 Å². The van der Waals surface area contributed by atoms with Crippen LogP contribution in [0.2, 0.25) is 0 Å². The number of aliphatic hydroxyl groups is 1. The lowest BCUT2D eigenvalue weighted by Gasteiger charge is -2.06. The smallest absolute Gasteiger partial charge is 0.293 e. The number of fused-ring (bicyclic) bond motifs is 1. The molecule has 3 aromatic heterocycles. The minimum absolute atomic E-state index is 0.103. The maximum absolute atomic E-state index is 14.7. The van der Waals surface area contributed by atoms with Gasteiger partial charge in [-0.05, 0) is 42.7 Å². The number of halogens is 1. The molecule has 0 saturated heterocycles. The van der Waals surface area contributed by atoms with Crippen molar-refractivity contribution in [1.29, 1.82) is 0 Å². The number of benzene rings is 2.